The highest BCUT2D eigenvalue weighted by atomic mass is 16.5. The van der Waals surface area contributed by atoms with Gasteiger partial charge < -0.3 is 14.7 Å². The summed E-state index contributed by atoms with van der Waals surface area (Å²) in [6.45, 7) is 2.65. The summed E-state index contributed by atoms with van der Waals surface area (Å²) in [7, 11) is 0. The van der Waals surface area contributed by atoms with Crippen LogP contribution in [0, 0.1) is 0 Å². The van der Waals surface area contributed by atoms with Gasteiger partial charge in [0.2, 0.25) is 5.91 Å². The summed E-state index contributed by atoms with van der Waals surface area (Å²) in [6.07, 6.45) is 5.77. The predicted molar refractivity (Wildman–Crippen MR) is 110 cm³/mol. The van der Waals surface area contributed by atoms with Gasteiger partial charge in [-0.1, -0.05) is 16.4 Å². The standard InChI is InChI=1S/C21H23N7O3/c1-13(29)22-16-5-2-4-15(10-16)21(30)27-9-3-6-17(11-27)28-12-18(24-26-28)20-23-19(25-31-20)14-7-8-14/h2,4-5,10,12,14,17H,3,6-9,11H2,1H3,(H,22,29). The van der Waals surface area contributed by atoms with Gasteiger partial charge in [-0.2, -0.15) is 4.98 Å². The highest BCUT2D eigenvalue weighted by Gasteiger charge is 2.30. The summed E-state index contributed by atoms with van der Waals surface area (Å²) >= 11 is 0. The van der Waals surface area contributed by atoms with Crippen LogP contribution >= 0.6 is 0 Å². The fourth-order valence-corrected chi connectivity index (χ4v) is 3.87. The number of piperidine rings is 1. The van der Waals surface area contributed by atoms with Crippen LogP contribution in [-0.4, -0.2) is 54.9 Å². The number of anilines is 1. The third kappa shape index (κ3) is 4.18. The van der Waals surface area contributed by atoms with Gasteiger partial charge in [-0.25, -0.2) is 4.68 Å². The van der Waals surface area contributed by atoms with E-state index in [1.54, 1.807) is 35.1 Å². The average Bonchev–Trinajstić information content (AvgIpc) is 3.30. The van der Waals surface area contributed by atoms with Crippen LogP contribution in [0.2, 0.25) is 0 Å². The molecule has 5 rings (SSSR count). The maximum absolute atomic E-state index is 13.0. The number of aromatic nitrogens is 5. The molecule has 2 aliphatic rings. The molecule has 1 aliphatic carbocycles. The summed E-state index contributed by atoms with van der Waals surface area (Å²) in [5.41, 5.74) is 1.70. The molecule has 31 heavy (non-hydrogen) atoms. The van der Waals surface area contributed by atoms with Crippen LogP contribution in [0.3, 0.4) is 0 Å². The number of hydrogen-bond acceptors (Lipinski definition) is 7. The molecule has 1 saturated heterocycles. The molecule has 1 aliphatic heterocycles. The molecule has 0 spiro atoms. The predicted octanol–water partition coefficient (Wildman–Crippen LogP) is 2.64. The van der Waals surface area contributed by atoms with Crippen LogP contribution in [0.1, 0.15) is 60.7 Å². The minimum Gasteiger partial charge on any atom is -0.336 e. The van der Waals surface area contributed by atoms with Gasteiger partial charge in [-0.15, -0.1) is 5.10 Å². The Morgan fingerprint density at radius 1 is 1.23 bits per heavy atom. The van der Waals surface area contributed by atoms with Crippen LogP contribution in [-0.2, 0) is 4.79 Å². The Morgan fingerprint density at radius 3 is 2.90 bits per heavy atom. The van der Waals surface area contributed by atoms with Crippen molar-refractivity contribution in [1.82, 2.24) is 30.0 Å². The number of carbonyl (C=O) groups is 2. The number of hydrogen-bond donors (Lipinski definition) is 1. The van der Waals surface area contributed by atoms with Crippen LogP contribution in [0.15, 0.2) is 35.0 Å². The molecule has 10 nitrogen and oxygen atoms in total. The van der Waals surface area contributed by atoms with Gasteiger partial charge in [0.25, 0.3) is 11.8 Å². The first kappa shape index (κ1) is 19.4. The number of carbonyl (C=O) groups excluding carboxylic acids is 2. The van der Waals surface area contributed by atoms with Crippen molar-refractivity contribution in [3.63, 3.8) is 0 Å². The van der Waals surface area contributed by atoms with Gasteiger partial charge in [0, 0.05) is 37.2 Å². The molecule has 10 heteroatoms. The lowest BCUT2D eigenvalue weighted by molar-refractivity contribution is -0.114. The third-order valence-corrected chi connectivity index (χ3v) is 5.60. The van der Waals surface area contributed by atoms with Crippen molar-refractivity contribution in [2.75, 3.05) is 18.4 Å². The summed E-state index contributed by atoms with van der Waals surface area (Å²) in [4.78, 5) is 30.6. The molecule has 3 aromatic rings. The molecule has 1 saturated carbocycles. The molecular weight excluding hydrogens is 398 g/mol. The molecule has 2 fully saturated rings. The van der Waals surface area contributed by atoms with E-state index < -0.39 is 0 Å². The number of rotatable bonds is 5. The molecule has 0 bridgehead atoms. The largest absolute Gasteiger partial charge is 0.336 e. The highest BCUT2D eigenvalue weighted by Crippen LogP contribution is 2.38. The minimum atomic E-state index is -0.171. The summed E-state index contributed by atoms with van der Waals surface area (Å²) in [5, 5.41) is 15.2. The van der Waals surface area contributed by atoms with Crippen molar-refractivity contribution >= 4 is 17.5 Å². The maximum atomic E-state index is 13.0. The quantitative estimate of drug-likeness (QED) is 0.672. The lowest BCUT2D eigenvalue weighted by Gasteiger charge is -2.32. The van der Waals surface area contributed by atoms with Gasteiger partial charge in [-0.3, -0.25) is 9.59 Å². The van der Waals surface area contributed by atoms with Crippen molar-refractivity contribution in [3.8, 4) is 11.6 Å². The molecule has 1 atom stereocenters. The Balaban J connectivity index is 1.28. The smallest absolute Gasteiger partial charge is 0.280 e. The maximum Gasteiger partial charge on any atom is 0.280 e. The van der Waals surface area contributed by atoms with E-state index in [1.165, 1.54) is 6.92 Å². The van der Waals surface area contributed by atoms with E-state index in [9.17, 15) is 9.59 Å². The van der Waals surface area contributed by atoms with Crippen molar-refractivity contribution in [3.05, 3.63) is 41.9 Å². The lowest BCUT2D eigenvalue weighted by Crippen LogP contribution is -2.40. The van der Waals surface area contributed by atoms with Crippen molar-refractivity contribution in [1.29, 1.82) is 0 Å². The van der Waals surface area contributed by atoms with E-state index in [2.05, 4.69) is 25.8 Å². The van der Waals surface area contributed by atoms with Gasteiger partial charge in [0.15, 0.2) is 11.5 Å². The number of nitrogens with one attached hydrogen (secondary N) is 1. The Bertz CT molecular complexity index is 1120. The zero-order chi connectivity index (χ0) is 21.4. The molecule has 2 aromatic heterocycles. The Kier molecular flexibility index (Phi) is 4.97. The first-order chi connectivity index (χ1) is 15.1. The second kappa shape index (κ2) is 7.93. The van der Waals surface area contributed by atoms with Gasteiger partial charge in [-0.05, 0) is 43.9 Å². The van der Waals surface area contributed by atoms with Crippen LogP contribution in [0.25, 0.3) is 11.6 Å². The SMILES string of the molecule is CC(=O)Nc1cccc(C(=O)N2CCCC(n3cc(-c4nc(C5CC5)no4)nn3)C2)c1. The lowest BCUT2D eigenvalue weighted by atomic mass is 10.0. The molecular formula is C21H23N7O3. The fraction of sp³-hybridized carbons (Fsp3) is 0.429. The highest BCUT2D eigenvalue weighted by molar-refractivity contribution is 5.96. The summed E-state index contributed by atoms with van der Waals surface area (Å²) in [6, 6.07) is 7.01. The first-order valence-corrected chi connectivity index (χ1v) is 10.5. The zero-order valence-electron chi connectivity index (χ0n) is 17.2. The monoisotopic (exact) mass is 421 g/mol. The van der Waals surface area contributed by atoms with E-state index in [0.29, 0.717) is 41.8 Å². The van der Waals surface area contributed by atoms with Crippen LogP contribution in [0.5, 0.6) is 0 Å². The average molecular weight is 421 g/mol. The Labute approximate surface area is 178 Å². The van der Waals surface area contributed by atoms with Crippen LogP contribution in [0.4, 0.5) is 5.69 Å². The fourth-order valence-electron chi connectivity index (χ4n) is 3.87. The van der Waals surface area contributed by atoms with Crippen LogP contribution < -0.4 is 5.32 Å². The number of benzene rings is 1. The van der Waals surface area contributed by atoms with Gasteiger partial charge in [0.05, 0.1) is 12.2 Å². The number of nitrogens with zero attached hydrogens (tertiary/aromatic N) is 6. The first-order valence-electron chi connectivity index (χ1n) is 10.5. The van der Waals surface area contributed by atoms with Crippen molar-refractivity contribution in [2.24, 2.45) is 0 Å². The molecule has 1 aromatic carbocycles. The third-order valence-electron chi connectivity index (χ3n) is 5.60. The molecule has 1 unspecified atom stereocenters. The van der Waals surface area contributed by atoms with Crippen molar-refractivity contribution in [2.45, 2.75) is 44.6 Å². The minimum absolute atomic E-state index is 0.0169. The van der Waals surface area contributed by atoms with E-state index in [-0.39, 0.29) is 17.9 Å². The van der Waals surface area contributed by atoms with E-state index in [4.69, 9.17) is 4.52 Å². The number of amides is 2. The molecule has 3 heterocycles. The van der Waals surface area contributed by atoms with Gasteiger partial charge >= 0.3 is 0 Å². The van der Waals surface area contributed by atoms with E-state index in [1.807, 2.05) is 4.90 Å². The number of likely N-dealkylation sites (tertiary alicyclic amines) is 1. The second-order valence-electron chi connectivity index (χ2n) is 8.13. The summed E-state index contributed by atoms with van der Waals surface area (Å²) < 4.78 is 7.12. The Morgan fingerprint density at radius 2 is 2.10 bits per heavy atom. The molecule has 1 N–H and O–H groups in total. The molecule has 2 amide bonds. The van der Waals surface area contributed by atoms with E-state index >= 15 is 0 Å². The topological polar surface area (TPSA) is 119 Å². The van der Waals surface area contributed by atoms with Gasteiger partial charge in [0.1, 0.15) is 0 Å². The normalized spacial score (nSPS) is 18.7. The van der Waals surface area contributed by atoms with Crippen molar-refractivity contribution < 1.29 is 14.1 Å². The Hall–Kier alpha value is -3.56. The zero-order valence-corrected chi connectivity index (χ0v) is 17.2. The van der Waals surface area contributed by atoms with E-state index in [0.717, 1.165) is 31.5 Å². The summed E-state index contributed by atoms with van der Waals surface area (Å²) in [5.74, 6) is 1.29. The second-order valence-corrected chi connectivity index (χ2v) is 8.13. The molecule has 160 valence electrons. The molecule has 0 radical (unpaired) electrons.